The fourth-order valence-corrected chi connectivity index (χ4v) is 2.56. The molecule has 1 aromatic rings. The van der Waals surface area contributed by atoms with E-state index in [-0.39, 0.29) is 24.0 Å². The third-order valence-corrected chi connectivity index (χ3v) is 3.80. The minimum atomic E-state index is -0.552. The van der Waals surface area contributed by atoms with Gasteiger partial charge in [-0.25, -0.2) is 4.79 Å². The second-order valence-corrected chi connectivity index (χ2v) is 6.15. The predicted octanol–water partition coefficient (Wildman–Crippen LogP) is 2.08. The SMILES string of the molecule is CC1CN(C(=O)C(NC(=O)Nc2ccccc2)C(C)C)CCO1. The molecule has 1 aliphatic heterocycles. The lowest BCUT2D eigenvalue weighted by Gasteiger charge is -2.35. The number of morpholine rings is 1. The first-order valence-electron chi connectivity index (χ1n) is 8.00. The molecule has 1 saturated heterocycles. The summed E-state index contributed by atoms with van der Waals surface area (Å²) in [6.07, 6.45) is 0.0265. The summed E-state index contributed by atoms with van der Waals surface area (Å²) in [5.74, 6) is -0.0551. The molecule has 0 bridgehead atoms. The number of rotatable bonds is 4. The van der Waals surface area contributed by atoms with E-state index in [1.807, 2.05) is 39.0 Å². The van der Waals surface area contributed by atoms with Gasteiger partial charge in [0.15, 0.2) is 0 Å². The molecule has 1 aliphatic rings. The average molecular weight is 319 g/mol. The van der Waals surface area contributed by atoms with Gasteiger partial charge in [0.1, 0.15) is 6.04 Å². The Balaban J connectivity index is 1.97. The second-order valence-electron chi connectivity index (χ2n) is 6.15. The van der Waals surface area contributed by atoms with Crippen molar-refractivity contribution < 1.29 is 14.3 Å². The van der Waals surface area contributed by atoms with E-state index in [9.17, 15) is 9.59 Å². The highest BCUT2D eigenvalue weighted by Crippen LogP contribution is 2.12. The molecule has 1 aromatic carbocycles. The van der Waals surface area contributed by atoms with Crippen LogP contribution in [0.5, 0.6) is 0 Å². The molecular weight excluding hydrogens is 294 g/mol. The summed E-state index contributed by atoms with van der Waals surface area (Å²) in [5.41, 5.74) is 0.694. The number of urea groups is 1. The van der Waals surface area contributed by atoms with Gasteiger partial charge in [0.25, 0.3) is 0 Å². The molecule has 0 radical (unpaired) electrons. The highest BCUT2D eigenvalue weighted by Gasteiger charge is 2.31. The molecule has 23 heavy (non-hydrogen) atoms. The highest BCUT2D eigenvalue weighted by atomic mass is 16.5. The Hall–Kier alpha value is -2.08. The molecule has 6 heteroatoms. The van der Waals surface area contributed by atoms with Gasteiger partial charge in [-0.15, -0.1) is 0 Å². The lowest BCUT2D eigenvalue weighted by atomic mass is 10.0. The monoisotopic (exact) mass is 319 g/mol. The molecule has 0 aromatic heterocycles. The van der Waals surface area contributed by atoms with Crippen LogP contribution in [0, 0.1) is 5.92 Å². The van der Waals surface area contributed by atoms with Crippen molar-refractivity contribution in [1.82, 2.24) is 10.2 Å². The van der Waals surface area contributed by atoms with Gasteiger partial charge in [0.2, 0.25) is 5.91 Å². The second kappa shape index (κ2) is 7.97. The molecule has 2 rings (SSSR count). The summed E-state index contributed by atoms with van der Waals surface area (Å²) in [4.78, 5) is 26.6. The topological polar surface area (TPSA) is 70.7 Å². The van der Waals surface area contributed by atoms with E-state index >= 15 is 0 Å². The molecule has 1 fully saturated rings. The van der Waals surface area contributed by atoms with E-state index in [1.54, 1.807) is 17.0 Å². The minimum Gasteiger partial charge on any atom is -0.375 e. The van der Waals surface area contributed by atoms with Crippen molar-refractivity contribution in [2.75, 3.05) is 25.0 Å². The van der Waals surface area contributed by atoms with Crippen LogP contribution in [0.4, 0.5) is 10.5 Å². The third kappa shape index (κ3) is 4.96. The fourth-order valence-electron chi connectivity index (χ4n) is 2.56. The van der Waals surface area contributed by atoms with Gasteiger partial charge in [0.05, 0.1) is 12.7 Å². The molecule has 2 atom stereocenters. The van der Waals surface area contributed by atoms with Crippen molar-refractivity contribution in [3.63, 3.8) is 0 Å². The van der Waals surface area contributed by atoms with E-state index in [2.05, 4.69) is 10.6 Å². The van der Waals surface area contributed by atoms with E-state index in [0.717, 1.165) is 0 Å². The Morgan fingerprint density at radius 2 is 1.96 bits per heavy atom. The number of carbonyl (C=O) groups is 2. The average Bonchev–Trinajstić information content (AvgIpc) is 2.52. The zero-order valence-corrected chi connectivity index (χ0v) is 13.9. The highest BCUT2D eigenvalue weighted by molar-refractivity contribution is 5.93. The number of nitrogens with one attached hydrogen (secondary N) is 2. The van der Waals surface area contributed by atoms with Crippen molar-refractivity contribution in [2.45, 2.75) is 32.9 Å². The Kier molecular flexibility index (Phi) is 5.98. The first kappa shape index (κ1) is 17.3. The van der Waals surface area contributed by atoms with E-state index in [1.165, 1.54) is 0 Å². The Morgan fingerprint density at radius 3 is 2.57 bits per heavy atom. The van der Waals surface area contributed by atoms with Crippen LogP contribution in [0.3, 0.4) is 0 Å². The quantitative estimate of drug-likeness (QED) is 0.892. The number of hydrogen-bond donors (Lipinski definition) is 2. The van der Waals surface area contributed by atoms with Crippen molar-refractivity contribution in [2.24, 2.45) is 5.92 Å². The van der Waals surface area contributed by atoms with Gasteiger partial charge in [-0.2, -0.15) is 0 Å². The van der Waals surface area contributed by atoms with Gasteiger partial charge in [0, 0.05) is 18.8 Å². The zero-order chi connectivity index (χ0) is 16.8. The lowest BCUT2D eigenvalue weighted by Crippen LogP contribution is -2.55. The van der Waals surface area contributed by atoms with Gasteiger partial charge in [-0.1, -0.05) is 32.0 Å². The van der Waals surface area contributed by atoms with Gasteiger partial charge in [-0.05, 0) is 25.0 Å². The predicted molar refractivity (Wildman–Crippen MR) is 89.2 cm³/mol. The van der Waals surface area contributed by atoms with Crippen LogP contribution in [-0.2, 0) is 9.53 Å². The molecule has 3 amide bonds. The Labute approximate surface area is 137 Å². The Morgan fingerprint density at radius 1 is 1.26 bits per heavy atom. The molecule has 2 unspecified atom stereocenters. The molecule has 0 spiro atoms. The van der Waals surface area contributed by atoms with Crippen LogP contribution in [-0.4, -0.2) is 48.7 Å². The number of para-hydroxylation sites is 1. The lowest BCUT2D eigenvalue weighted by molar-refractivity contribution is -0.141. The fraction of sp³-hybridized carbons (Fsp3) is 0.529. The normalized spacial score (nSPS) is 19.3. The van der Waals surface area contributed by atoms with Gasteiger partial charge < -0.3 is 20.3 Å². The first-order chi connectivity index (χ1) is 11.0. The molecule has 1 heterocycles. The Bertz CT molecular complexity index is 533. The van der Waals surface area contributed by atoms with Crippen molar-refractivity contribution in [3.05, 3.63) is 30.3 Å². The third-order valence-electron chi connectivity index (χ3n) is 3.80. The molecule has 0 saturated carbocycles. The van der Waals surface area contributed by atoms with Gasteiger partial charge >= 0.3 is 6.03 Å². The van der Waals surface area contributed by atoms with E-state index in [0.29, 0.717) is 25.4 Å². The van der Waals surface area contributed by atoms with Crippen LogP contribution < -0.4 is 10.6 Å². The van der Waals surface area contributed by atoms with Crippen molar-refractivity contribution in [1.29, 1.82) is 0 Å². The number of nitrogens with zero attached hydrogens (tertiary/aromatic N) is 1. The maximum Gasteiger partial charge on any atom is 0.319 e. The maximum absolute atomic E-state index is 12.7. The number of ether oxygens (including phenoxy) is 1. The van der Waals surface area contributed by atoms with Crippen LogP contribution in [0.15, 0.2) is 30.3 Å². The van der Waals surface area contributed by atoms with Crippen LogP contribution in [0.1, 0.15) is 20.8 Å². The first-order valence-corrected chi connectivity index (χ1v) is 8.00. The molecule has 0 aliphatic carbocycles. The zero-order valence-electron chi connectivity index (χ0n) is 13.9. The summed E-state index contributed by atoms with van der Waals surface area (Å²) in [6, 6.07) is 8.24. The number of hydrogen-bond acceptors (Lipinski definition) is 3. The summed E-state index contributed by atoms with van der Waals surface area (Å²) < 4.78 is 5.46. The summed E-state index contributed by atoms with van der Waals surface area (Å²) in [6.45, 7) is 7.45. The van der Waals surface area contributed by atoms with Crippen LogP contribution >= 0.6 is 0 Å². The molecular formula is C17H25N3O3. The van der Waals surface area contributed by atoms with Crippen molar-refractivity contribution in [3.8, 4) is 0 Å². The number of carbonyl (C=O) groups excluding carboxylic acids is 2. The molecule has 6 nitrogen and oxygen atoms in total. The smallest absolute Gasteiger partial charge is 0.319 e. The van der Waals surface area contributed by atoms with Crippen LogP contribution in [0.25, 0.3) is 0 Å². The summed E-state index contributed by atoms with van der Waals surface area (Å²) in [7, 11) is 0. The standard InChI is InChI=1S/C17H25N3O3/c1-12(2)15(16(21)20-9-10-23-13(3)11-20)19-17(22)18-14-7-5-4-6-8-14/h4-8,12-13,15H,9-11H2,1-3H3,(H2,18,19,22). The van der Waals surface area contributed by atoms with E-state index in [4.69, 9.17) is 4.74 Å². The summed E-state index contributed by atoms with van der Waals surface area (Å²) >= 11 is 0. The molecule has 126 valence electrons. The number of benzene rings is 1. The van der Waals surface area contributed by atoms with Gasteiger partial charge in [-0.3, -0.25) is 4.79 Å². The van der Waals surface area contributed by atoms with E-state index < -0.39 is 6.04 Å². The minimum absolute atomic E-state index is 0.00201. The largest absolute Gasteiger partial charge is 0.375 e. The maximum atomic E-state index is 12.7. The van der Waals surface area contributed by atoms with Crippen molar-refractivity contribution >= 4 is 17.6 Å². The number of anilines is 1. The van der Waals surface area contributed by atoms with Crippen LogP contribution in [0.2, 0.25) is 0 Å². The number of amides is 3. The molecule has 2 N–H and O–H groups in total. The summed E-state index contributed by atoms with van der Waals surface area (Å²) in [5, 5.41) is 5.54.